The lowest BCUT2D eigenvalue weighted by Gasteiger charge is -2.34. The Morgan fingerprint density at radius 3 is 2.30 bits per heavy atom. The SMILES string of the molecule is Cc1cc(C)c2nc(C)cc(Nc3ccc(N4CCN(C)CC4)cc3)c2c1. The Kier molecular flexibility index (Phi) is 4.75. The van der Waals surface area contributed by atoms with Gasteiger partial charge in [-0.05, 0) is 69.8 Å². The van der Waals surface area contributed by atoms with Crippen LogP contribution in [0.1, 0.15) is 16.8 Å². The fourth-order valence-corrected chi connectivity index (χ4v) is 3.89. The minimum Gasteiger partial charge on any atom is -0.369 e. The first-order valence-electron chi connectivity index (χ1n) is 9.69. The number of benzene rings is 2. The van der Waals surface area contributed by atoms with Crippen molar-refractivity contribution in [2.24, 2.45) is 0 Å². The summed E-state index contributed by atoms with van der Waals surface area (Å²) in [5.74, 6) is 0. The molecule has 4 heteroatoms. The third-order valence-electron chi connectivity index (χ3n) is 5.39. The Labute approximate surface area is 161 Å². The number of nitrogens with zero attached hydrogens (tertiary/aromatic N) is 3. The van der Waals surface area contributed by atoms with Gasteiger partial charge in [-0.2, -0.15) is 0 Å². The molecule has 4 rings (SSSR count). The van der Waals surface area contributed by atoms with Gasteiger partial charge in [0.15, 0.2) is 0 Å². The van der Waals surface area contributed by atoms with Crippen molar-refractivity contribution < 1.29 is 0 Å². The van der Waals surface area contributed by atoms with Crippen molar-refractivity contribution in [3.8, 4) is 0 Å². The van der Waals surface area contributed by atoms with E-state index in [1.807, 2.05) is 0 Å². The minimum atomic E-state index is 1.03. The van der Waals surface area contributed by atoms with Gasteiger partial charge in [0.1, 0.15) is 0 Å². The van der Waals surface area contributed by atoms with Crippen molar-refractivity contribution in [3.63, 3.8) is 0 Å². The maximum atomic E-state index is 4.75. The molecule has 2 aromatic carbocycles. The third-order valence-corrected chi connectivity index (χ3v) is 5.39. The summed E-state index contributed by atoms with van der Waals surface area (Å²) >= 11 is 0. The molecule has 0 radical (unpaired) electrons. The Bertz CT molecular complexity index is 954. The molecule has 27 heavy (non-hydrogen) atoms. The lowest BCUT2D eigenvalue weighted by atomic mass is 10.0. The molecule has 0 aliphatic carbocycles. The molecule has 1 fully saturated rings. The Balaban J connectivity index is 1.61. The average Bonchev–Trinajstić information content (AvgIpc) is 2.64. The first-order chi connectivity index (χ1) is 13.0. The molecule has 4 nitrogen and oxygen atoms in total. The third kappa shape index (κ3) is 3.76. The van der Waals surface area contributed by atoms with Gasteiger partial charge in [0.05, 0.1) is 5.52 Å². The van der Waals surface area contributed by atoms with Crippen LogP contribution in [0.4, 0.5) is 17.1 Å². The van der Waals surface area contributed by atoms with E-state index in [1.165, 1.54) is 22.2 Å². The van der Waals surface area contributed by atoms with Crippen LogP contribution in [-0.2, 0) is 0 Å². The van der Waals surface area contributed by atoms with Crippen LogP contribution in [0.15, 0.2) is 42.5 Å². The largest absolute Gasteiger partial charge is 0.369 e. The number of hydrogen-bond donors (Lipinski definition) is 1. The highest BCUT2D eigenvalue weighted by Crippen LogP contribution is 2.30. The van der Waals surface area contributed by atoms with E-state index in [0.717, 1.165) is 48.8 Å². The number of fused-ring (bicyclic) bond motifs is 1. The molecule has 0 amide bonds. The summed E-state index contributed by atoms with van der Waals surface area (Å²) in [6, 6.07) is 15.4. The number of hydrogen-bond acceptors (Lipinski definition) is 4. The predicted molar refractivity (Wildman–Crippen MR) is 115 cm³/mol. The highest BCUT2D eigenvalue weighted by atomic mass is 15.2. The molecule has 1 aliphatic heterocycles. The van der Waals surface area contributed by atoms with Crippen LogP contribution in [0.2, 0.25) is 0 Å². The lowest BCUT2D eigenvalue weighted by Crippen LogP contribution is -2.44. The molecule has 1 saturated heterocycles. The summed E-state index contributed by atoms with van der Waals surface area (Å²) in [6.07, 6.45) is 0. The summed E-state index contributed by atoms with van der Waals surface area (Å²) in [6.45, 7) is 10.8. The van der Waals surface area contributed by atoms with E-state index in [4.69, 9.17) is 4.98 Å². The van der Waals surface area contributed by atoms with Crippen molar-refractivity contribution in [1.29, 1.82) is 0 Å². The zero-order valence-electron chi connectivity index (χ0n) is 16.7. The summed E-state index contributed by atoms with van der Waals surface area (Å²) in [5.41, 5.74) is 8.14. The van der Waals surface area contributed by atoms with Crippen molar-refractivity contribution in [2.45, 2.75) is 20.8 Å². The second-order valence-corrected chi connectivity index (χ2v) is 7.75. The van der Waals surface area contributed by atoms with E-state index in [0.29, 0.717) is 0 Å². The molecule has 1 N–H and O–H groups in total. The summed E-state index contributed by atoms with van der Waals surface area (Å²) in [4.78, 5) is 9.59. The molecule has 0 atom stereocenters. The average molecular weight is 361 g/mol. The van der Waals surface area contributed by atoms with Crippen LogP contribution < -0.4 is 10.2 Å². The number of pyridine rings is 1. The Morgan fingerprint density at radius 2 is 1.59 bits per heavy atom. The van der Waals surface area contributed by atoms with Gasteiger partial charge < -0.3 is 15.1 Å². The van der Waals surface area contributed by atoms with Crippen LogP contribution in [0.5, 0.6) is 0 Å². The summed E-state index contributed by atoms with van der Waals surface area (Å²) in [5, 5.41) is 4.79. The Hall–Kier alpha value is -2.59. The summed E-state index contributed by atoms with van der Waals surface area (Å²) in [7, 11) is 2.19. The van der Waals surface area contributed by atoms with E-state index >= 15 is 0 Å². The molecule has 1 aliphatic rings. The highest BCUT2D eigenvalue weighted by Gasteiger charge is 2.14. The molecule has 0 spiro atoms. The number of nitrogens with one attached hydrogen (secondary N) is 1. The zero-order valence-corrected chi connectivity index (χ0v) is 16.7. The highest BCUT2D eigenvalue weighted by molar-refractivity contribution is 5.95. The minimum absolute atomic E-state index is 1.03. The van der Waals surface area contributed by atoms with Crippen molar-refractivity contribution >= 4 is 28.0 Å². The van der Waals surface area contributed by atoms with Crippen LogP contribution in [0.25, 0.3) is 10.9 Å². The number of anilines is 3. The van der Waals surface area contributed by atoms with Gasteiger partial charge in [-0.25, -0.2) is 0 Å². The number of aromatic nitrogens is 1. The predicted octanol–water partition coefficient (Wildman–Crippen LogP) is 4.66. The molecule has 0 bridgehead atoms. The molecule has 0 unspecified atom stereocenters. The summed E-state index contributed by atoms with van der Waals surface area (Å²) < 4.78 is 0. The number of likely N-dealkylation sites (N-methyl/N-ethyl adjacent to an activating group) is 1. The molecule has 2 heterocycles. The van der Waals surface area contributed by atoms with Gasteiger partial charge in [0, 0.05) is 54.3 Å². The monoisotopic (exact) mass is 360 g/mol. The smallest absolute Gasteiger partial charge is 0.0755 e. The van der Waals surface area contributed by atoms with E-state index in [1.54, 1.807) is 0 Å². The van der Waals surface area contributed by atoms with Crippen molar-refractivity contribution in [2.75, 3.05) is 43.4 Å². The molecule has 140 valence electrons. The van der Waals surface area contributed by atoms with Crippen LogP contribution >= 0.6 is 0 Å². The molecule has 0 saturated carbocycles. The number of rotatable bonds is 3. The van der Waals surface area contributed by atoms with Gasteiger partial charge in [-0.15, -0.1) is 0 Å². The molecule has 1 aromatic heterocycles. The second-order valence-electron chi connectivity index (χ2n) is 7.75. The first kappa shape index (κ1) is 17.8. The standard InChI is InChI=1S/C23H28N4/c1-16-13-17(2)23-21(14-16)22(15-18(3)24-23)25-19-5-7-20(8-6-19)27-11-9-26(4)10-12-27/h5-8,13-15H,9-12H2,1-4H3,(H,24,25). The fourth-order valence-electron chi connectivity index (χ4n) is 3.89. The maximum absolute atomic E-state index is 4.75. The number of piperazine rings is 1. The first-order valence-corrected chi connectivity index (χ1v) is 9.69. The Morgan fingerprint density at radius 1 is 0.889 bits per heavy atom. The van der Waals surface area contributed by atoms with E-state index < -0.39 is 0 Å². The van der Waals surface area contributed by atoms with Crippen molar-refractivity contribution in [1.82, 2.24) is 9.88 Å². The fraction of sp³-hybridized carbons (Fsp3) is 0.348. The van der Waals surface area contributed by atoms with Gasteiger partial charge in [0.25, 0.3) is 0 Å². The van der Waals surface area contributed by atoms with Gasteiger partial charge in [-0.3, -0.25) is 4.98 Å². The van der Waals surface area contributed by atoms with E-state index in [-0.39, 0.29) is 0 Å². The second kappa shape index (κ2) is 7.20. The van der Waals surface area contributed by atoms with E-state index in [9.17, 15) is 0 Å². The molecule has 3 aromatic rings. The van der Waals surface area contributed by atoms with Gasteiger partial charge in [0.2, 0.25) is 0 Å². The maximum Gasteiger partial charge on any atom is 0.0755 e. The van der Waals surface area contributed by atoms with Crippen molar-refractivity contribution in [3.05, 3.63) is 59.3 Å². The van der Waals surface area contributed by atoms with Gasteiger partial charge >= 0.3 is 0 Å². The molecular formula is C23H28N4. The van der Waals surface area contributed by atoms with E-state index in [2.05, 4.69) is 85.4 Å². The lowest BCUT2D eigenvalue weighted by molar-refractivity contribution is 0.313. The van der Waals surface area contributed by atoms with Gasteiger partial charge in [-0.1, -0.05) is 11.6 Å². The molecular weight excluding hydrogens is 332 g/mol. The van der Waals surface area contributed by atoms with Crippen LogP contribution in [0.3, 0.4) is 0 Å². The zero-order chi connectivity index (χ0) is 19.0. The normalized spacial score (nSPS) is 15.3. The quantitative estimate of drug-likeness (QED) is 0.736. The number of aryl methyl sites for hydroxylation is 3. The van der Waals surface area contributed by atoms with Crippen LogP contribution in [0, 0.1) is 20.8 Å². The topological polar surface area (TPSA) is 31.4 Å². The van der Waals surface area contributed by atoms with Crippen LogP contribution in [-0.4, -0.2) is 43.1 Å².